The molecule has 2 rings (SSSR count). The minimum absolute atomic E-state index is 0.0937. The largest absolute Gasteiger partial charge is 0.450 e. The third-order valence-electron chi connectivity index (χ3n) is 4.35. The van der Waals surface area contributed by atoms with E-state index >= 15 is 0 Å². The van der Waals surface area contributed by atoms with Crippen molar-refractivity contribution in [1.29, 1.82) is 0 Å². The van der Waals surface area contributed by atoms with Gasteiger partial charge in [-0.1, -0.05) is 39.7 Å². The summed E-state index contributed by atoms with van der Waals surface area (Å²) >= 11 is 9.29. The number of piperidine rings is 1. The maximum Gasteiger partial charge on any atom is 0.409 e. The highest BCUT2D eigenvalue weighted by Crippen LogP contribution is 2.32. The Kier molecular flexibility index (Phi) is 7.79. The van der Waals surface area contributed by atoms with Crippen LogP contribution >= 0.6 is 27.5 Å². The summed E-state index contributed by atoms with van der Waals surface area (Å²) in [4.78, 5) is 36.7. The van der Waals surface area contributed by atoms with Gasteiger partial charge in [-0.15, -0.1) is 0 Å². The first-order chi connectivity index (χ1) is 12.8. The van der Waals surface area contributed by atoms with Gasteiger partial charge in [0, 0.05) is 39.9 Å². The summed E-state index contributed by atoms with van der Waals surface area (Å²) < 4.78 is 5.53. The zero-order chi connectivity index (χ0) is 20.0. The van der Waals surface area contributed by atoms with Crippen LogP contribution in [0.1, 0.15) is 18.9 Å². The van der Waals surface area contributed by atoms with E-state index in [1.54, 1.807) is 37.3 Å². The molecular weight excluding hydrogens is 440 g/mol. The maximum atomic E-state index is 12.5. The van der Waals surface area contributed by atoms with Crippen molar-refractivity contribution in [3.8, 4) is 0 Å². The van der Waals surface area contributed by atoms with Crippen molar-refractivity contribution in [3.05, 3.63) is 49.4 Å². The molecular formula is C18H20BrClN2O5. The highest BCUT2D eigenvalue weighted by molar-refractivity contribution is 9.11. The van der Waals surface area contributed by atoms with E-state index in [4.69, 9.17) is 16.3 Å². The Morgan fingerprint density at radius 3 is 2.74 bits per heavy atom. The van der Waals surface area contributed by atoms with E-state index in [-0.39, 0.29) is 31.9 Å². The fraction of sp³-hybridized carbons (Fsp3) is 0.444. The number of carbonyl (C=O) groups excluding carboxylic acids is 2. The predicted molar refractivity (Wildman–Crippen MR) is 105 cm³/mol. The van der Waals surface area contributed by atoms with Gasteiger partial charge in [-0.2, -0.15) is 0 Å². The van der Waals surface area contributed by atoms with Crippen LogP contribution in [0.3, 0.4) is 0 Å². The fourth-order valence-corrected chi connectivity index (χ4v) is 3.84. The second-order valence-electron chi connectivity index (χ2n) is 6.17. The lowest BCUT2D eigenvalue weighted by Gasteiger charge is -2.34. The number of rotatable bonds is 6. The Balaban J connectivity index is 2.27. The molecule has 1 aromatic rings. The zero-order valence-electron chi connectivity index (χ0n) is 14.8. The molecule has 146 valence electrons. The molecule has 0 bridgehead atoms. The third-order valence-corrected chi connectivity index (χ3v) is 5.41. The Morgan fingerprint density at radius 1 is 1.48 bits per heavy atom. The Labute approximate surface area is 170 Å². The van der Waals surface area contributed by atoms with Crippen molar-refractivity contribution < 1.29 is 19.2 Å². The van der Waals surface area contributed by atoms with Crippen LogP contribution < -0.4 is 0 Å². The molecule has 1 aromatic carbocycles. The number of benzene rings is 1. The molecule has 9 heteroatoms. The molecule has 27 heavy (non-hydrogen) atoms. The smallest absolute Gasteiger partial charge is 0.409 e. The molecule has 0 unspecified atom stereocenters. The van der Waals surface area contributed by atoms with Gasteiger partial charge in [0.1, 0.15) is 5.78 Å². The molecule has 7 nitrogen and oxygen atoms in total. The van der Waals surface area contributed by atoms with Crippen LogP contribution in [0.25, 0.3) is 6.08 Å². The van der Waals surface area contributed by atoms with Gasteiger partial charge in [0.15, 0.2) is 0 Å². The molecule has 0 N–H and O–H groups in total. The molecule has 2 atom stereocenters. The lowest BCUT2D eigenvalue weighted by Crippen LogP contribution is -2.48. The Morgan fingerprint density at radius 2 is 2.15 bits per heavy atom. The van der Waals surface area contributed by atoms with Gasteiger partial charge in [-0.25, -0.2) is 4.79 Å². The van der Waals surface area contributed by atoms with E-state index in [2.05, 4.69) is 15.9 Å². The molecule has 1 heterocycles. The molecule has 0 radical (unpaired) electrons. The van der Waals surface area contributed by atoms with E-state index < -0.39 is 29.4 Å². The van der Waals surface area contributed by atoms with Gasteiger partial charge in [-0.05, 0) is 30.7 Å². The molecule has 0 aromatic heterocycles. The van der Waals surface area contributed by atoms with Crippen molar-refractivity contribution >= 4 is 45.5 Å². The van der Waals surface area contributed by atoms with Gasteiger partial charge < -0.3 is 9.64 Å². The quantitative estimate of drug-likeness (QED) is 0.473. The number of carbonyl (C=O) groups is 2. The Bertz CT molecular complexity index is 738. The first kappa shape index (κ1) is 21.4. The van der Waals surface area contributed by atoms with Crippen LogP contribution in [0.5, 0.6) is 0 Å². The minimum Gasteiger partial charge on any atom is -0.450 e. The van der Waals surface area contributed by atoms with Crippen LogP contribution in [0.4, 0.5) is 4.79 Å². The molecule has 1 amide bonds. The van der Waals surface area contributed by atoms with Crippen molar-refractivity contribution in [2.45, 2.75) is 13.3 Å². The lowest BCUT2D eigenvalue weighted by molar-refractivity contribution is -0.487. The first-order valence-electron chi connectivity index (χ1n) is 8.50. The van der Waals surface area contributed by atoms with Crippen LogP contribution in [-0.4, -0.2) is 47.9 Å². The number of Topliss-reactive ketones (excluding diaryl/α,β-unsaturated/α-hetero) is 1. The summed E-state index contributed by atoms with van der Waals surface area (Å²) in [6.45, 7) is 1.87. The fourth-order valence-electron chi connectivity index (χ4n) is 2.99. The van der Waals surface area contributed by atoms with E-state index in [1.165, 1.54) is 4.90 Å². The van der Waals surface area contributed by atoms with Gasteiger partial charge in [0.2, 0.25) is 6.54 Å². The molecule has 0 saturated carbocycles. The number of nitro groups is 1. The van der Waals surface area contributed by atoms with Gasteiger partial charge >= 0.3 is 6.09 Å². The summed E-state index contributed by atoms with van der Waals surface area (Å²) in [5.74, 6) is -1.45. The average molecular weight is 460 g/mol. The SMILES string of the molecule is CCOC(=O)N1CCC(=O)[C@H]([C@@H](C[N+](=O)[O-])/C(Br)=C/c2ccc(Cl)cc2)C1. The van der Waals surface area contributed by atoms with E-state index in [0.717, 1.165) is 5.56 Å². The lowest BCUT2D eigenvalue weighted by atomic mass is 9.83. The standard InChI is InChI=1S/C18H20BrClN2O5/c1-2-27-18(24)21-8-7-17(23)15(10-21)14(11-22(25)26)16(19)9-12-3-5-13(20)6-4-12/h3-6,9,14-15H,2,7-8,10-11H2,1H3/b16-9-/t14-,15+/m1/s1. The average Bonchev–Trinajstić information content (AvgIpc) is 2.62. The molecule has 1 saturated heterocycles. The number of nitrogens with zero attached hydrogens (tertiary/aromatic N) is 2. The number of ketones is 1. The molecule has 1 fully saturated rings. The first-order valence-corrected chi connectivity index (χ1v) is 9.67. The summed E-state index contributed by atoms with van der Waals surface area (Å²) in [7, 11) is 0. The second kappa shape index (κ2) is 9.85. The summed E-state index contributed by atoms with van der Waals surface area (Å²) in [5, 5.41) is 11.8. The van der Waals surface area contributed by atoms with Gasteiger partial charge in [0.05, 0.1) is 12.5 Å². The van der Waals surface area contributed by atoms with Crippen LogP contribution in [0, 0.1) is 22.0 Å². The predicted octanol–water partition coefficient (Wildman–Crippen LogP) is 4.02. The van der Waals surface area contributed by atoms with Gasteiger partial charge in [0.25, 0.3) is 0 Å². The van der Waals surface area contributed by atoms with E-state index in [0.29, 0.717) is 9.51 Å². The normalized spacial score (nSPS) is 18.9. The topological polar surface area (TPSA) is 89.8 Å². The van der Waals surface area contributed by atoms with Crippen molar-refractivity contribution in [2.24, 2.45) is 11.8 Å². The number of amides is 1. The number of hydrogen-bond donors (Lipinski definition) is 0. The number of hydrogen-bond acceptors (Lipinski definition) is 5. The number of likely N-dealkylation sites (tertiary alicyclic amines) is 1. The van der Waals surface area contributed by atoms with Crippen molar-refractivity contribution in [2.75, 3.05) is 26.2 Å². The monoisotopic (exact) mass is 458 g/mol. The van der Waals surface area contributed by atoms with Crippen molar-refractivity contribution in [3.63, 3.8) is 0 Å². The molecule has 1 aliphatic heterocycles. The van der Waals surface area contributed by atoms with Crippen LogP contribution in [-0.2, 0) is 9.53 Å². The Hall–Kier alpha value is -1.93. The van der Waals surface area contributed by atoms with E-state index in [1.807, 2.05) is 0 Å². The number of halogens is 2. The van der Waals surface area contributed by atoms with E-state index in [9.17, 15) is 19.7 Å². The summed E-state index contributed by atoms with van der Waals surface area (Å²) in [5.41, 5.74) is 0.796. The maximum absolute atomic E-state index is 12.5. The third kappa shape index (κ3) is 6.04. The molecule has 0 aliphatic carbocycles. The summed E-state index contributed by atoms with van der Waals surface area (Å²) in [6, 6.07) is 6.98. The molecule has 1 aliphatic rings. The summed E-state index contributed by atoms with van der Waals surface area (Å²) in [6.07, 6.45) is 1.38. The van der Waals surface area contributed by atoms with Crippen LogP contribution in [0.2, 0.25) is 5.02 Å². The highest BCUT2D eigenvalue weighted by Gasteiger charge is 2.39. The molecule has 0 spiro atoms. The second-order valence-corrected chi connectivity index (χ2v) is 7.52. The highest BCUT2D eigenvalue weighted by atomic mass is 79.9. The minimum atomic E-state index is -0.680. The van der Waals surface area contributed by atoms with Gasteiger partial charge in [-0.3, -0.25) is 14.9 Å². The zero-order valence-corrected chi connectivity index (χ0v) is 17.1. The van der Waals surface area contributed by atoms with Crippen LogP contribution in [0.15, 0.2) is 28.7 Å². The van der Waals surface area contributed by atoms with Crippen molar-refractivity contribution in [1.82, 2.24) is 4.90 Å². The number of ether oxygens (including phenoxy) is 1.